The number of carbonyl (C=O) groups is 1. The van der Waals surface area contributed by atoms with Gasteiger partial charge in [0.2, 0.25) is 0 Å². The molecule has 0 N–H and O–H groups in total. The molecule has 0 radical (unpaired) electrons. The Bertz CT molecular complexity index is 1020. The van der Waals surface area contributed by atoms with Crippen molar-refractivity contribution in [2.24, 2.45) is 4.99 Å². The molecule has 0 atom stereocenters. The van der Waals surface area contributed by atoms with Gasteiger partial charge >= 0.3 is 0 Å². The zero-order valence-electron chi connectivity index (χ0n) is 15.8. The van der Waals surface area contributed by atoms with Crippen molar-refractivity contribution in [2.75, 3.05) is 0 Å². The Morgan fingerprint density at radius 1 is 1.11 bits per heavy atom. The number of amides is 1. The van der Waals surface area contributed by atoms with Crippen molar-refractivity contribution in [3.8, 4) is 11.3 Å². The van der Waals surface area contributed by atoms with Crippen molar-refractivity contribution in [1.29, 1.82) is 0 Å². The first-order valence-corrected chi connectivity index (χ1v) is 10.4. The molecular weight excluding hydrogens is 376 g/mol. The third-order valence-electron chi connectivity index (χ3n) is 4.40. The Kier molecular flexibility index (Phi) is 6.30. The highest BCUT2D eigenvalue weighted by Crippen LogP contribution is 2.28. The van der Waals surface area contributed by atoms with Gasteiger partial charge in [-0.25, -0.2) is 0 Å². The van der Waals surface area contributed by atoms with Gasteiger partial charge in [-0.15, -0.1) is 11.3 Å². The molecule has 3 nitrogen and oxygen atoms in total. The first-order chi connectivity index (χ1) is 13.0. The maximum absolute atomic E-state index is 12.7. The molecular formula is C22H23ClN2OS. The minimum absolute atomic E-state index is 0.303. The summed E-state index contributed by atoms with van der Waals surface area (Å²) in [6, 6.07) is 15.6. The standard InChI is InChI=1S/C22H23ClN2OS/c1-4-8-19-20(16-13-11-15(3)12-14-16)25(5-2)22(27-19)24-21(26)17-9-6-7-10-18(17)23/h6-7,9-14H,4-5,8H2,1-3H3. The molecule has 5 heteroatoms. The Morgan fingerprint density at radius 2 is 1.81 bits per heavy atom. The third-order valence-corrected chi connectivity index (χ3v) is 5.87. The lowest BCUT2D eigenvalue weighted by atomic mass is 10.1. The summed E-state index contributed by atoms with van der Waals surface area (Å²) >= 11 is 7.77. The van der Waals surface area contributed by atoms with Crippen LogP contribution in [0.15, 0.2) is 53.5 Å². The van der Waals surface area contributed by atoms with Gasteiger partial charge in [0.1, 0.15) is 0 Å². The predicted molar refractivity (Wildman–Crippen MR) is 113 cm³/mol. The number of benzene rings is 2. The lowest BCUT2D eigenvalue weighted by Crippen LogP contribution is -2.17. The van der Waals surface area contributed by atoms with Gasteiger partial charge in [-0.3, -0.25) is 4.79 Å². The molecule has 27 heavy (non-hydrogen) atoms. The maximum Gasteiger partial charge on any atom is 0.281 e. The second-order valence-electron chi connectivity index (χ2n) is 6.41. The van der Waals surface area contributed by atoms with E-state index in [1.54, 1.807) is 29.5 Å². The van der Waals surface area contributed by atoms with Crippen molar-refractivity contribution < 1.29 is 4.79 Å². The molecule has 0 unspecified atom stereocenters. The topological polar surface area (TPSA) is 34.4 Å². The molecule has 1 amide bonds. The smallest absolute Gasteiger partial charge is 0.281 e. The molecule has 0 aliphatic rings. The normalized spacial score (nSPS) is 11.8. The fourth-order valence-electron chi connectivity index (χ4n) is 3.04. The van der Waals surface area contributed by atoms with E-state index in [0.29, 0.717) is 10.6 Å². The molecule has 0 aliphatic carbocycles. The molecule has 3 aromatic rings. The van der Waals surface area contributed by atoms with Crippen molar-refractivity contribution in [3.63, 3.8) is 0 Å². The molecule has 0 aliphatic heterocycles. The summed E-state index contributed by atoms with van der Waals surface area (Å²) in [7, 11) is 0. The summed E-state index contributed by atoms with van der Waals surface area (Å²) in [6.45, 7) is 7.08. The summed E-state index contributed by atoms with van der Waals surface area (Å²) in [4.78, 5) is 19.1. The average Bonchev–Trinajstić information content (AvgIpc) is 3.00. The molecule has 140 valence electrons. The third kappa shape index (κ3) is 4.23. The van der Waals surface area contributed by atoms with Crippen LogP contribution in [0.4, 0.5) is 0 Å². The number of halogens is 1. The zero-order chi connectivity index (χ0) is 19.4. The Labute approximate surface area is 169 Å². The highest BCUT2D eigenvalue weighted by Gasteiger charge is 2.16. The molecule has 0 saturated heterocycles. The van der Waals surface area contributed by atoms with E-state index in [0.717, 1.165) is 35.4 Å². The molecule has 0 spiro atoms. The molecule has 0 saturated carbocycles. The number of aromatic nitrogens is 1. The van der Waals surface area contributed by atoms with Gasteiger partial charge < -0.3 is 4.57 Å². The number of rotatable bonds is 5. The van der Waals surface area contributed by atoms with Crippen LogP contribution >= 0.6 is 22.9 Å². The summed E-state index contributed by atoms with van der Waals surface area (Å²) in [6.07, 6.45) is 2.00. The molecule has 0 bridgehead atoms. The number of thiazole rings is 1. The number of carbonyl (C=O) groups excluding carboxylic acids is 1. The minimum atomic E-state index is -0.303. The van der Waals surface area contributed by atoms with E-state index in [9.17, 15) is 4.79 Å². The SMILES string of the molecule is CCCc1sc(=NC(=O)c2ccccc2Cl)n(CC)c1-c1ccc(C)cc1. The highest BCUT2D eigenvalue weighted by molar-refractivity contribution is 7.09. The van der Waals surface area contributed by atoms with Crippen LogP contribution < -0.4 is 4.80 Å². The van der Waals surface area contributed by atoms with E-state index in [-0.39, 0.29) is 5.91 Å². The van der Waals surface area contributed by atoms with Crippen LogP contribution in [0.3, 0.4) is 0 Å². The van der Waals surface area contributed by atoms with Crippen LogP contribution in [0, 0.1) is 6.92 Å². The van der Waals surface area contributed by atoms with E-state index in [1.807, 2.05) is 6.07 Å². The van der Waals surface area contributed by atoms with Crippen LogP contribution in [0.2, 0.25) is 5.02 Å². The summed E-state index contributed by atoms with van der Waals surface area (Å²) in [5.41, 5.74) is 3.99. The van der Waals surface area contributed by atoms with E-state index < -0.39 is 0 Å². The quantitative estimate of drug-likeness (QED) is 0.527. The van der Waals surface area contributed by atoms with Gasteiger partial charge in [0.15, 0.2) is 4.80 Å². The average molecular weight is 399 g/mol. The van der Waals surface area contributed by atoms with Crippen LogP contribution in [-0.2, 0) is 13.0 Å². The van der Waals surface area contributed by atoms with Crippen molar-refractivity contribution in [2.45, 2.75) is 40.2 Å². The van der Waals surface area contributed by atoms with Crippen molar-refractivity contribution in [3.05, 3.63) is 74.4 Å². The fourth-order valence-corrected chi connectivity index (χ4v) is 4.57. The molecule has 3 rings (SSSR count). The van der Waals surface area contributed by atoms with Crippen LogP contribution in [0.5, 0.6) is 0 Å². The number of aryl methyl sites for hydroxylation is 2. The van der Waals surface area contributed by atoms with Crippen LogP contribution in [0.1, 0.15) is 41.1 Å². The van der Waals surface area contributed by atoms with Gasteiger partial charge in [0.05, 0.1) is 16.3 Å². The van der Waals surface area contributed by atoms with Crippen molar-refractivity contribution in [1.82, 2.24) is 4.57 Å². The minimum Gasteiger partial charge on any atom is -0.316 e. The van der Waals surface area contributed by atoms with Crippen molar-refractivity contribution >= 4 is 28.8 Å². The highest BCUT2D eigenvalue weighted by atomic mass is 35.5. The number of hydrogen-bond acceptors (Lipinski definition) is 2. The summed E-state index contributed by atoms with van der Waals surface area (Å²) in [5.74, 6) is -0.303. The summed E-state index contributed by atoms with van der Waals surface area (Å²) in [5, 5.41) is 0.429. The van der Waals surface area contributed by atoms with E-state index >= 15 is 0 Å². The van der Waals surface area contributed by atoms with Gasteiger partial charge in [0.25, 0.3) is 5.91 Å². The second kappa shape index (κ2) is 8.68. The zero-order valence-corrected chi connectivity index (χ0v) is 17.4. The first kappa shape index (κ1) is 19.6. The maximum atomic E-state index is 12.7. The number of hydrogen-bond donors (Lipinski definition) is 0. The van der Waals surface area contributed by atoms with Crippen LogP contribution in [0.25, 0.3) is 11.3 Å². The molecule has 0 fully saturated rings. The second-order valence-corrected chi connectivity index (χ2v) is 7.88. The lowest BCUT2D eigenvalue weighted by molar-refractivity contribution is 0.0998. The van der Waals surface area contributed by atoms with Gasteiger partial charge in [0, 0.05) is 11.4 Å². The lowest BCUT2D eigenvalue weighted by Gasteiger charge is -2.09. The monoisotopic (exact) mass is 398 g/mol. The molecule has 1 heterocycles. The Balaban J connectivity index is 2.16. The van der Waals surface area contributed by atoms with Gasteiger partial charge in [-0.2, -0.15) is 4.99 Å². The predicted octanol–water partition coefficient (Wildman–Crippen LogP) is 5.89. The Morgan fingerprint density at radius 3 is 2.44 bits per heavy atom. The molecule has 2 aromatic carbocycles. The summed E-state index contributed by atoms with van der Waals surface area (Å²) < 4.78 is 2.13. The molecule has 1 aromatic heterocycles. The van der Waals surface area contributed by atoms with E-state index in [2.05, 4.69) is 54.6 Å². The Hall–Kier alpha value is -2.17. The fraction of sp³-hybridized carbons (Fsp3) is 0.273. The number of nitrogens with zero attached hydrogens (tertiary/aromatic N) is 2. The van der Waals surface area contributed by atoms with Gasteiger partial charge in [-0.1, -0.05) is 66.9 Å². The first-order valence-electron chi connectivity index (χ1n) is 9.18. The van der Waals surface area contributed by atoms with E-state index in [1.165, 1.54) is 10.4 Å². The van der Waals surface area contributed by atoms with Crippen LogP contribution in [-0.4, -0.2) is 10.5 Å². The largest absolute Gasteiger partial charge is 0.316 e. The van der Waals surface area contributed by atoms with E-state index in [4.69, 9.17) is 11.6 Å². The van der Waals surface area contributed by atoms with Gasteiger partial charge in [-0.05, 0) is 38.0 Å².